The summed E-state index contributed by atoms with van der Waals surface area (Å²) in [6.45, 7) is 0. The van der Waals surface area contributed by atoms with Crippen LogP contribution in [0.25, 0.3) is 0 Å². The van der Waals surface area contributed by atoms with E-state index in [1.807, 2.05) is 18.6 Å². The fourth-order valence-electron chi connectivity index (χ4n) is 0.416. The second kappa shape index (κ2) is 1.71. The van der Waals surface area contributed by atoms with Crippen molar-refractivity contribution in [3.05, 3.63) is 22.4 Å². The van der Waals surface area contributed by atoms with Gasteiger partial charge >= 0.3 is 47.4 Å². The van der Waals surface area contributed by atoms with Crippen LogP contribution in [0.4, 0.5) is 0 Å². The molecule has 1 rings (SSSR count). The van der Waals surface area contributed by atoms with Gasteiger partial charge in [-0.2, -0.15) is 0 Å². The quantitative estimate of drug-likeness (QED) is 0.618. The summed E-state index contributed by atoms with van der Waals surface area (Å²) in [5.41, 5.74) is 0. The molecule has 0 heterocycles. The van der Waals surface area contributed by atoms with E-state index in [-0.39, 0.29) is 2.85 Å². The molecule has 0 N–H and O–H groups in total. The van der Waals surface area contributed by atoms with Crippen molar-refractivity contribution in [2.75, 3.05) is 0 Å². The first-order valence-corrected chi connectivity index (χ1v) is 3.16. The van der Waals surface area contributed by atoms with Crippen LogP contribution in [0.1, 0.15) is 9.27 Å². The van der Waals surface area contributed by atoms with Crippen LogP contribution in [0, 0.1) is 0 Å². The van der Waals surface area contributed by atoms with Crippen molar-refractivity contribution >= 4 is 0 Å². The molecule has 6 heavy (non-hydrogen) atoms. The van der Waals surface area contributed by atoms with Gasteiger partial charge in [0.25, 0.3) is 0 Å². The van der Waals surface area contributed by atoms with Crippen LogP contribution < -0.4 is 0 Å². The average molecular weight is 257 g/mol. The predicted molar refractivity (Wildman–Crippen MR) is 24.1 cm³/mol. The number of hydrogen-bond donors (Lipinski definition) is 0. The van der Waals surface area contributed by atoms with Crippen LogP contribution in [0.15, 0.2) is 22.4 Å². The number of allylic oxidation sites excluding steroid dienone is 4. The summed E-state index contributed by atoms with van der Waals surface area (Å²) >= 11 is 1.96. The first-order valence-electron chi connectivity index (χ1n) is 1.89. The predicted octanol–water partition coefficient (Wildman–Crippen LogP) is 1.60. The summed E-state index contributed by atoms with van der Waals surface area (Å²) in [5.74, 6) is 0. The van der Waals surface area contributed by atoms with E-state index < -0.39 is 0 Å². The minimum atomic E-state index is 0. The molecule has 1 aliphatic carbocycles. The molecule has 0 nitrogen and oxygen atoms in total. The molecule has 0 saturated carbocycles. The molecule has 0 spiro atoms. The zero-order chi connectivity index (χ0) is 4.41. The molecule has 1 aliphatic rings. The molecule has 1 heteroatoms. The van der Waals surface area contributed by atoms with Gasteiger partial charge in [0.05, 0.1) is 0 Å². The zero-order valence-corrected chi connectivity index (χ0v) is 5.83. The van der Waals surface area contributed by atoms with Crippen LogP contribution >= 0.6 is 0 Å². The third-order valence-electron chi connectivity index (χ3n) is 0.717. The van der Waals surface area contributed by atoms with Crippen molar-refractivity contribution in [3.63, 3.8) is 0 Å². The first-order chi connectivity index (χ1) is 2.89. The van der Waals surface area contributed by atoms with Crippen molar-refractivity contribution < 1.29 is 21.5 Å². The Balaban J connectivity index is 0. The van der Waals surface area contributed by atoms with E-state index in [0.29, 0.717) is 0 Å². The Kier molecular flexibility index (Phi) is 1.22. The van der Waals surface area contributed by atoms with Gasteiger partial charge in [-0.15, -0.1) is 0 Å². The maximum atomic E-state index is 2.17. The number of rotatable bonds is 0. The Morgan fingerprint density at radius 1 is 1.83 bits per heavy atom. The number of hydrogen-bond acceptors (Lipinski definition) is 0. The van der Waals surface area contributed by atoms with Gasteiger partial charge in [0.2, 0.25) is 0 Å². The van der Waals surface area contributed by atoms with Gasteiger partial charge < -0.3 is 2.85 Å². The first kappa shape index (κ1) is 4.28. The topological polar surface area (TPSA) is 0 Å². The summed E-state index contributed by atoms with van der Waals surface area (Å²) in [5, 5.41) is 0. The summed E-state index contributed by atoms with van der Waals surface area (Å²) in [6, 6.07) is 0. The third-order valence-corrected chi connectivity index (χ3v) is 1.66. The average Bonchev–Trinajstić information content (AvgIpc) is 1.86. The molecule has 0 radical (unpaired) electrons. The molecule has 0 aromatic carbocycles. The Bertz CT molecular complexity index is 107. The Morgan fingerprint density at radius 2 is 2.67 bits per heavy atom. The summed E-state index contributed by atoms with van der Waals surface area (Å²) in [4.78, 5) is 0. The van der Waals surface area contributed by atoms with E-state index in [0.717, 1.165) is 0 Å². The molecular formula is C5H7Os-2. The van der Waals surface area contributed by atoms with E-state index in [1.54, 1.807) is 0 Å². The summed E-state index contributed by atoms with van der Waals surface area (Å²) in [7, 11) is 0. The van der Waals surface area contributed by atoms with Crippen LogP contribution in [-0.4, -0.2) is 0 Å². The van der Waals surface area contributed by atoms with E-state index in [4.69, 9.17) is 0 Å². The van der Waals surface area contributed by atoms with E-state index in [2.05, 4.69) is 18.2 Å². The second-order valence-electron chi connectivity index (χ2n) is 1.23. The van der Waals surface area contributed by atoms with Gasteiger partial charge in [-0.25, -0.2) is 0 Å². The van der Waals surface area contributed by atoms with Gasteiger partial charge in [-0.1, -0.05) is 0 Å². The monoisotopic (exact) mass is 259 g/mol. The van der Waals surface area contributed by atoms with E-state index >= 15 is 0 Å². The second-order valence-corrected chi connectivity index (χ2v) is 2.86. The van der Waals surface area contributed by atoms with Crippen LogP contribution in [-0.2, 0) is 18.6 Å². The van der Waals surface area contributed by atoms with Crippen LogP contribution in [0.3, 0.4) is 0 Å². The minimum absolute atomic E-state index is 0. The fourth-order valence-corrected chi connectivity index (χ4v) is 0.960. The molecule has 0 aromatic heterocycles. The van der Waals surface area contributed by atoms with E-state index in [1.165, 1.54) is 10.5 Å². The van der Waals surface area contributed by atoms with Gasteiger partial charge in [0, 0.05) is 0 Å². The van der Waals surface area contributed by atoms with Gasteiger partial charge in [-0.3, -0.25) is 0 Å². The molecule has 37 valence electrons. The van der Waals surface area contributed by atoms with Crippen molar-refractivity contribution in [1.29, 1.82) is 0 Å². The molecule has 0 atom stereocenters. The van der Waals surface area contributed by atoms with Gasteiger partial charge in [0.1, 0.15) is 0 Å². The maximum absolute atomic E-state index is 2.17. The standard InChI is InChI=1S/C5H5.Os.2H/c1-2-4-5-3-1;;;/h1-3H,4H2;;;/q;;2*-1. The van der Waals surface area contributed by atoms with Crippen LogP contribution in [0.5, 0.6) is 0 Å². The molecule has 0 amide bonds. The third kappa shape index (κ3) is 0.789. The van der Waals surface area contributed by atoms with Crippen molar-refractivity contribution in [1.82, 2.24) is 0 Å². The molecule has 0 aromatic rings. The van der Waals surface area contributed by atoms with Crippen molar-refractivity contribution in [3.8, 4) is 0 Å². The molecular weight excluding hydrogens is 250 g/mol. The molecule has 0 saturated heterocycles. The Hall–Kier alpha value is 0.116. The van der Waals surface area contributed by atoms with E-state index in [9.17, 15) is 0 Å². The molecule has 0 unspecified atom stereocenters. The molecule has 0 fully saturated rings. The molecule has 0 aliphatic heterocycles. The van der Waals surface area contributed by atoms with Crippen molar-refractivity contribution in [2.45, 2.75) is 6.42 Å². The normalized spacial score (nSPS) is 18.5. The Morgan fingerprint density at radius 3 is 2.83 bits per heavy atom. The Labute approximate surface area is 50.8 Å². The molecule has 0 bridgehead atoms. The van der Waals surface area contributed by atoms with Gasteiger partial charge in [-0.05, 0) is 0 Å². The zero-order valence-electron chi connectivity index (χ0n) is 5.29. The van der Waals surface area contributed by atoms with Gasteiger partial charge in [0.15, 0.2) is 0 Å². The van der Waals surface area contributed by atoms with Crippen LogP contribution in [0.2, 0.25) is 0 Å². The summed E-state index contributed by atoms with van der Waals surface area (Å²) < 4.78 is 1.50. The fraction of sp³-hybridized carbons (Fsp3) is 0.200. The summed E-state index contributed by atoms with van der Waals surface area (Å²) in [6.07, 6.45) is 7.60. The van der Waals surface area contributed by atoms with Crippen molar-refractivity contribution in [2.24, 2.45) is 0 Å². The SMILES string of the molecule is [H-].[H-].[Os][C]1=CC=CC1.